The average Bonchev–Trinajstić information content (AvgIpc) is 2.72. The molecule has 1 N–H and O–H groups in total. The first-order valence-electron chi connectivity index (χ1n) is 7.46. The van der Waals surface area contributed by atoms with Gasteiger partial charge in [0.05, 0.1) is 5.56 Å². The molecule has 0 aliphatic heterocycles. The van der Waals surface area contributed by atoms with Gasteiger partial charge in [-0.3, -0.25) is 9.59 Å². The smallest absolute Gasteiger partial charge is 0.257 e. The van der Waals surface area contributed by atoms with Gasteiger partial charge in [-0.1, -0.05) is 26.8 Å². The van der Waals surface area contributed by atoms with Crippen LogP contribution in [-0.2, 0) is 4.79 Å². The van der Waals surface area contributed by atoms with Gasteiger partial charge >= 0.3 is 0 Å². The van der Waals surface area contributed by atoms with Crippen LogP contribution < -0.4 is 10.1 Å². The van der Waals surface area contributed by atoms with Gasteiger partial charge in [0.25, 0.3) is 5.91 Å². The van der Waals surface area contributed by atoms with E-state index >= 15 is 0 Å². The van der Waals surface area contributed by atoms with Crippen LogP contribution in [0, 0.1) is 12.8 Å². The van der Waals surface area contributed by atoms with Crippen LogP contribution in [0.4, 0.5) is 0 Å². The maximum Gasteiger partial charge on any atom is 0.257 e. The molecule has 0 heterocycles. The number of carbonyl (C=O) groups excluding carboxylic acids is 2. The van der Waals surface area contributed by atoms with Crippen molar-refractivity contribution in [3.8, 4) is 5.75 Å². The molecule has 1 atom stereocenters. The number of nitrogens with one attached hydrogen (secondary N) is 1. The molecular formula is C17H23NO3. The summed E-state index contributed by atoms with van der Waals surface area (Å²) in [6, 6.07) is 3.75. The largest absolute Gasteiger partial charge is 0.483 e. The first-order valence-corrected chi connectivity index (χ1v) is 7.46. The molecule has 0 fully saturated rings. The Kier molecular flexibility index (Phi) is 4.66. The van der Waals surface area contributed by atoms with E-state index in [-0.39, 0.29) is 24.2 Å². The van der Waals surface area contributed by atoms with E-state index in [4.69, 9.17) is 4.74 Å². The average molecular weight is 289 g/mol. The second-order valence-corrected chi connectivity index (χ2v) is 6.18. The van der Waals surface area contributed by atoms with E-state index in [1.165, 1.54) is 0 Å². The van der Waals surface area contributed by atoms with Crippen LogP contribution in [-0.4, -0.2) is 24.8 Å². The molecule has 2 rings (SSSR count). The molecule has 1 aromatic rings. The minimum absolute atomic E-state index is 0.0517. The molecule has 21 heavy (non-hydrogen) atoms. The fraction of sp³-hybridized carbons (Fsp3) is 0.529. The quantitative estimate of drug-likeness (QED) is 0.907. The normalized spacial score (nSPS) is 17.0. The lowest BCUT2D eigenvalue weighted by Crippen LogP contribution is -2.31. The van der Waals surface area contributed by atoms with E-state index in [9.17, 15) is 9.59 Å². The fourth-order valence-corrected chi connectivity index (χ4v) is 2.74. The van der Waals surface area contributed by atoms with Gasteiger partial charge in [-0.25, -0.2) is 0 Å². The van der Waals surface area contributed by atoms with Crippen molar-refractivity contribution in [2.75, 3.05) is 13.2 Å². The third-order valence-corrected chi connectivity index (χ3v) is 3.75. The highest BCUT2D eigenvalue weighted by molar-refractivity contribution is 6.04. The SMILES string of the molecule is Cc1ccc(OCC(=O)NCC(C)C)c2c1C(C)CC2=O. The maximum absolute atomic E-state index is 12.1. The van der Waals surface area contributed by atoms with Gasteiger partial charge < -0.3 is 10.1 Å². The fourth-order valence-electron chi connectivity index (χ4n) is 2.74. The lowest BCUT2D eigenvalue weighted by molar-refractivity contribution is -0.123. The molecule has 0 bridgehead atoms. The van der Waals surface area contributed by atoms with Crippen LogP contribution in [0.1, 0.15) is 54.6 Å². The summed E-state index contributed by atoms with van der Waals surface area (Å²) >= 11 is 0. The Morgan fingerprint density at radius 1 is 1.43 bits per heavy atom. The number of benzene rings is 1. The van der Waals surface area contributed by atoms with E-state index in [0.717, 1.165) is 11.1 Å². The molecule has 0 spiro atoms. The monoisotopic (exact) mass is 289 g/mol. The molecular weight excluding hydrogens is 266 g/mol. The number of aryl methyl sites for hydroxylation is 1. The van der Waals surface area contributed by atoms with Crippen molar-refractivity contribution in [1.82, 2.24) is 5.32 Å². The van der Waals surface area contributed by atoms with Gasteiger partial charge in [0, 0.05) is 13.0 Å². The Morgan fingerprint density at radius 3 is 2.81 bits per heavy atom. The molecule has 0 saturated heterocycles. The second kappa shape index (κ2) is 6.29. The van der Waals surface area contributed by atoms with E-state index in [1.807, 2.05) is 26.8 Å². The van der Waals surface area contributed by atoms with Crippen LogP contribution in [0.25, 0.3) is 0 Å². The summed E-state index contributed by atoms with van der Waals surface area (Å²) in [4.78, 5) is 23.8. The van der Waals surface area contributed by atoms with Gasteiger partial charge in [-0.15, -0.1) is 0 Å². The van der Waals surface area contributed by atoms with Crippen molar-refractivity contribution in [3.05, 3.63) is 28.8 Å². The zero-order valence-electron chi connectivity index (χ0n) is 13.2. The van der Waals surface area contributed by atoms with Crippen molar-refractivity contribution >= 4 is 11.7 Å². The summed E-state index contributed by atoms with van der Waals surface area (Å²) in [5.74, 6) is 1.12. The number of rotatable bonds is 5. The molecule has 1 amide bonds. The number of amides is 1. The third-order valence-electron chi connectivity index (χ3n) is 3.75. The molecule has 1 unspecified atom stereocenters. The van der Waals surface area contributed by atoms with Gasteiger partial charge in [-0.2, -0.15) is 0 Å². The summed E-state index contributed by atoms with van der Waals surface area (Å²) in [5, 5.41) is 2.80. The highest BCUT2D eigenvalue weighted by atomic mass is 16.5. The van der Waals surface area contributed by atoms with E-state index < -0.39 is 0 Å². The summed E-state index contributed by atoms with van der Waals surface area (Å²) in [6.07, 6.45) is 0.524. The zero-order chi connectivity index (χ0) is 15.6. The van der Waals surface area contributed by atoms with Crippen molar-refractivity contribution in [1.29, 1.82) is 0 Å². The number of carbonyl (C=O) groups is 2. The number of Topliss-reactive ketones (excluding diaryl/α,β-unsaturated/α-hetero) is 1. The highest BCUT2D eigenvalue weighted by Gasteiger charge is 2.31. The van der Waals surface area contributed by atoms with Crippen molar-refractivity contribution in [3.63, 3.8) is 0 Å². The molecule has 4 nitrogen and oxygen atoms in total. The lowest BCUT2D eigenvalue weighted by Gasteiger charge is -2.13. The molecule has 1 aliphatic rings. The van der Waals surface area contributed by atoms with Gasteiger partial charge in [0.15, 0.2) is 12.4 Å². The molecule has 0 aromatic heterocycles. The Labute approximate surface area is 125 Å². The van der Waals surface area contributed by atoms with Crippen LogP contribution in [0.2, 0.25) is 0 Å². The van der Waals surface area contributed by atoms with Crippen molar-refractivity contribution in [2.24, 2.45) is 5.92 Å². The molecule has 114 valence electrons. The van der Waals surface area contributed by atoms with Crippen LogP contribution in [0.3, 0.4) is 0 Å². The topological polar surface area (TPSA) is 55.4 Å². The standard InChI is InChI=1S/C17H23NO3/c1-10(2)8-18-15(20)9-21-14-6-5-11(3)16-12(4)7-13(19)17(14)16/h5-6,10,12H,7-9H2,1-4H3,(H,18,20). The number of hydrogen-bond donors (Lipinski definition) is 1. The van der Waals surface area contributed by atoms with Gasteiger partial charge in [0.2, 0.25) is 0 Å². The minimum atomic E-state index is -0.156. The number of fused-ring (bicyclic) bond motifs is 1. The van der Waals surface area contributed by atoms with Crippen LogP contribution >= 0.6 is 0 Å². The van der Waals surface area contributed by atoms with Crippen LogP contribution in [0.5, 0.6) is 5.75 Å². The summed E-state index contributed by atoms with van der Waals surface area (Å²) < 4.78 is 5.58. The molecule has 1 aromatic carbocycles. The van der Waals surface area contributed by atoms with Gasteiger partial charge in [-0.05, 0) is 36.0 Å². The molecule has 1 aliphatic carbocycles. The van der Waals surface area contributed by atoms with Crippen molar-refractivity contribution in [2.45, 2.75) is 40.0 Å². The lowest BCUT2D eigenvalue weighted by atomic mass is 9.97. The van der Waals surface area contributed by atoms with Crippen molar-refractivity contribution < 1.29 is 14.3 Å². The zero-order valence-corrected chi connectivity index (χ0v) is 13.2. The number of ether oxygens (including phenoxy) is 1. The Morgan fingerprint density at radius 2 is 2.14 bits per heavy atom. The summed E-state index contributed by atoms with van der Waals surface area (Å²) in [6.45, 7) is 8.71. The Bertz CT molecular complexity index is 563. The molecule has 0 saturated carbocycles. The highest BCUT2D eigenvalue weighted by Crippen LogP contribution is 2.40. The predicted molar refractivity (Wildman–Crippen MR) is 81.9 cm³/mol. The third kappa shape index (κ3) is 3.43. The second-order valence-electron chi connectivity index (χ2n) is 6.18. The first kappa shape index (κ1) is 15.5. The van der Waals surface area contributed by atoms with E-state index in [0.29, 0.717) is 30.2 Å². The number of hydrogen-bond acceptors (Lipinski definition) is 3. The van der Waals surface area contributed by atoms with E-state index in [1.54, 1.807) is 6.07 Å². The van der Waals surface area contributed by atoms with Crippen LogP contribution in [0.15, 0.2) is 12.1 Å². The Balaban J connectivity index is 2.09. The van der Waals surface area contributed by atoms with E-state index in [2.05, 4.69) is 12.2 Å². The minimum Gasteiger partial charge on any atom is -0.483 e. The molecule has 4 heteroatoms. The predicted octanol–water partition coefficient (Wildman–Crippen LogP) is 2.84. The molecule has 0 radical (unpaired) electrons. The number of ketones is 1. The maximum atomic E-state index is 12.1. The van der Waals surface area contributed by atoms with Gasteiger partial charge in [0.1, 0.15) is 5.75 Å². The summed E-state index contributed by atoms with van der Waals surface area (Å²) in [5.41, 5.74) is 2.85. The summed E-state index contributed by atoms with van der Waals surface area (Å²) in [7, 11) is 0. The first-order chi connectivity index (χ1) is 9.90. The Hall–Kier alpha value is -1.84.